The van der Waals surface area contributed by atoms with Crippen LogP contribution in [0.1, 0.15) is 64.4 Å². The van der Waals surface area contributed by atoms with Crippen LogP contribution in [0.5, 0.6) is 0 Å². The first-order chi connectivity index (χ1) is 9.70. The van der Waals surface area contributed by atoms with Crippen molar-refractivity contribution in [2.24, 2.45) is 11.8 Å². The Bertz CT molecular complexity index is 383. The van der Waals surface area contributed by atoms with E-state index in [1.807, 2.05) is 0 Å². The van der Waals surface area contributed by atoms with Gasteiger partial charge in [-0.15, -0.1) is 0 Å². The molecule has 3 heteroatoms. The van der Waals surface area contributed by atoms with Crippen LogP contribution in [-0.2, 0) is 6.54 Å². The Balaban J connectivity index is 2.00. The minimum Gasteiger partial charge on any atom is -0.316 e. The third-order valence-electron chi connectivity index (χ3n) is 4.52. The number of nitrogens with one attached hydrogen (secondary N) is 1. The van der Waals surface area contributed by atoms with E-state index in [-0.39, 0.29) is 0 Å². The molecule has 1 N–H and O–H groups in total. The molecule has 1 fully saturated rings. The van der Waals surface area contributed by atoms with Crippen LogP contribution >= 0.6 is 0 Å². The SMILES string of the molecule is CCn1cc(C2CCCCCC2CNCC(C)C)cn1. The predicted octanol–water partition coefficient (Wildman–Crippen LogP) is 3.81. The number of aryl methyl sites for hydroxylation is 1. The molecule has 3 nitrogen and oxygen atoms in total. The summed E-state index contributed by atoms with van der Waals surface area (Å²) >= 11 is 0. The van der Waals surface area contributed by atoms with Gasteiger partial charge in [0.2, 0.25) is 0 Å². The maximum absolute atomic E-state index is 4.48. The van der Waals surface area contributed by atoms with E-state index >= 15 is 0 Å². The quantitative estimate of drug-likeness (QED) is 0.801. The van der Waals surface area contributed by atoms with E-state index in [9.17, 15) is 0 Å². The Morgan fingerprint density at radius 2 is 2.10 bits per heavy atom. The highest BCUT2D eigenvalue weighted by atomic mass is 15.3. The van der Waals surface area contributed by atoms with Gasteiger partial charge in [-0.25, -0.2) is 0 Å². The van der Waals surface area contributed by atoms with Crippen molar-refractivity contribution in [3.8, 4) is 0 Å². The average Bonchev–Trinajstić information content (AvgIpc) is 2.78. The zero-order valence-electron chi connectivity index (χ0n) is 13.4. The minimum atomic E-state index is 0.706. The van der Waals surface area contributed by atoms with Crippen molar-refractivity contribution in [2.75, 3.05) is 13.1 Å². The maximum atomic E-state index is 4.48. The van der Waals surface area contributed by atoms with Crippen molar-refractivity contribution in [3.63, 3.8) is 0 Å². The molecule has 0 saturated heterocycles. The Kier molecular flexibility index (Phi) is 6.08. The molecule has 0 aromatic carbocycles. The van der Waals surface area contributed by atoms with Crippen LogP contribution in [0.3, 0.4) is 0 Å². The van der Waals surface area contributed by atoms with Gasteiger partial charge in [0.15, 0.2) is 0 Å². The molecule has 1 aromatic rings. The Morgan fingerprint density at radius 3 is 2.80 bits per heavy atom. The van der Waals surface area contributed by atoms with E-state index in [1.54, 1.807) is 0 Å². The van der Waals surface area contributed by atoms with E-state index in [4.69, 9.17) is 0 Å². The molecule has 114 valence electrons. The van der Waals surface area contributed by atoms with Crippen molar-refractivity contribution in [2.45, 2.75) is 65.3 Å². The van der Waals surface area contributed by atoms with Crippen LogP contribution in [0.15, 0.2) is 12.4 Å². The number of nitrogens with zero attached hydrogens (tertiary/aromatic N) is 2. The summed E-state index contributed by atoms with van der Waals surface area (Å²) in [5.74, 6) is 2.23. The van der Waals surface area contributed by atoms with Gasteiger partial charge in [0.05, 0.1) is 6.20 Å². The van der Waals surface area contributed by atoms with E-state index in [0.29, 0.717) is 5.92 Å². The summed E-state index contributed by atoms with van der Waals surface area (Å²) in [4.78, 5) is 0. The van der Waals surface area contributed by atoms with E-state index in [0.717, 1.165) is 24.9 Å². The summed E-state index contributed by atoms with van der Waals surface area (Å²) in [6.07, 6.45) is 11.3. The van der Waals surface area contributed by atoms with Gasteiger partial charge < -0.3 is 5.32 Å². The lowest BCUT2D eigenvalue weighted by molar-refractivity contribution is 0.366. The molecule has 1 saturated carbocycles. The first kappa shape index (κ1) is 15.6. The molecule has 1 aromatic heterocycles. The fraction of sp³-hybridized carbons (Fsp3) is 0.824. The topological polar surface area (TPSA) is 29.9 Å². The second-order valence-corrected chi connectivity index (χ2v) is 6.69. The van der Waals surface area contributed by atoms with Gasteiger partial charge >= 0.3 is 0 Å². The highest BCUT2D eigenvalue weighted by molar-refractivity contribution is 5.13. The first-order valence-corrected chi connectivity index (χ1v) is 8.43. The number of aromatic nitrogens is 2. The summed E-state index contributed by atoms with van der Waals surface area (Å²) in [7, 11) is 0. The zero-order chi connectivity index (χ0) is 14.4. The van der Waals surface area contributed by atoms with Crippen LogP contribution in [0.2, 0.25) is 0 Å². The molecule has 1 aliphatic carbocycles. The molecule has 1 aliphatic rings. The third-order valence-corrected chi connectivity index (χ3v) is 4.52. The highest BCUT2D eigenvalue weighted by Gasteiger charge is 2.25. The second kappa shape index (κ2) is 7.82. The van der Waals surface area contributed by atoms with E-state index in [2.05, 4.69) is 48.3 Å². The maximum Gasteiger partial charge on any atom is 0.0524 e. The standard InChI is InChI=1S/C17H31N3/c1-4-20-13-16(12-19-20)17-9-7-5-6-8-15(17)11-18-10-14(2)3/h12-15,17-18H,4-11H2,1-3H3. The van der Waals surface area contributed by atoms with Crippen LogP contribution in [0, 0.1) is 11.8 Å². The first-order valence-electron chi connectivity index (χ1n) is 8.43. The zero-order valence-corrected chi connectivity index (χ0v) is 13.4. The van der Waals surface area contributed by atoms with Crippen LogP contribution in [0.25, 0.3) is 0 Å². The molecular weight excluding hydrogens is 246 g/mol. The molecule has 2 atom stereocenters. The van der Waals surface area contributed by atoms with Crippen LogP contribution in [0.4, 0.5) is 0 Å². The van der Waals surface area contributed by atoms with Gasteiger partial charge in [0.25, 0.3) is 0 Å². The summed E-state index contributed by atoms with van der Waals surface area (Å²) in [6.45, 7) is 10.00. The van der Waals surface area contributed by atoms with Gasteiger partial charge in [-0.05, 0) is 56.2 Å². The van der Waals surface area contributed by atoms with Crippen molar-refractivity contribution < 1.29 is 0 Å². The molecule has 0 bridgehead atoms. The third kappa shape index (κ3) is 4.34. The van der Waals surface area contributed by atoms with Crippen molar-refractivity contribution >= 4 is 0 Å². The Labute approximate surface area is 124 Å². The van der Waals surface area contributed by atoms with Gasteiger partial charge in [-0.2, -0.15) is 5.10 Å². The summed E-state index contributed by atoms with van der Waals surface area (Å²) in [6, 6.07) is 0. The number of hydrogen-bond donors (Lipinski definition) is 1. The van der Waals surface area contributed by atoms with Gasteiger partial charge in [-0.1, -0.05) is 33.1 Å². The highest BCUT2D eigenvalue weighted by Crippen LogP contribution is 2.36. The molecule has 0 aliphatic heterocycles. The largest absolute Gasteiger partial charge is 0.316 e. The summed E-state index contributed by atoms with van der Waals surface area (Å²) in [5.41, 5.74) is 1.46. The fourth-order valence-electron chi connectivity index (χ4n) is 3.37. The lowest BCUT2D eigenvalue weighted by Crippen LogP contribution is -2.29. The van der Waals surface area contributed by atoms with E-state index < -0.39 is 0 Å². The monoisotopic (exact) mass is 277 g/mol. The molecule has 0 radical (unpaired) electrons. The molecular formula is C17H31N3. The van der Waals surface area contributed by atoms with Crippen LogP contribution < -0.4 is 5.32 Å². The van der Waals surface area contributed by atoms with Crippen molar-refractivity contribution in [1.29, 1.82) is 0 Å². The minimum absolute atomic E-state index is 0.706. The summed E-state index contributed by atoms with van der Waals surface area (Å²) < 4.78 is 2.07. The normalized spacial score (nSPS) is 24.0. The van der Waals surface area contributed by atoms with Crippen LogP contribution in [-0.4, -0.2) is 22.9 Å². The average molecular weight is 277 g/mol. The molecule has 20 heavy (non-hydrogen) atoms. The van der Waals surface area contributed by atoms with E-state index in [1.165, 1.54) is 44.2 Å². The van der Waals surface area contributed by atoms with Gasteiger partial charge in [0.1, 0.15) is 0 Å². The molecule has 0 spiro atoms. The summed E-state index contributed by atoms with van der Waals surface area (Å²) in [5, 5.41) is 8.16. The van der Waals surface area contributed by atoms with Gasteiger partial charge in [0, 0.05) is 12.7 Å². The lowest BCUT2D eigenvalue weighted by atomic mass is 9.83. The molecule has 2 unspecified atom stereocenters. The fourth-order valence-corrected chi connectivity index (χ4v) is 3.37. The Hall–Kier alpha value is -0.830. The number of hydrogen-bond acceptors (Lipinski definition) is 2. The predicted molar refractivity (Wildman–Crippen MR) is 84.9 cm³/mol. The van der Waals surface area contributed by atoms with Gasteiger partial charge in [-0.3, -0.25) is 4.68 Å². The lowest BCUT2D eigenvalue weighted by Gasteiger charge is -2.25. The molecule has 1 heterocycles. The second-order valence-electron chi connectivity index (χ2n) is 6.69. The molecule has 2 rings (SSSR count). The molecule has 0 amide bonds. The van der Waals surface area contributed by atoms with Crippen molar-refractivity contribution in [3.05, 3.63) is 18.0 Å². The Morgan fingerprint density at radius 1 is 1.30 bits per heavy atom. The number of rotatable bonds is 6. The van der Waals surface area contributed by atoms with Crippen molar-refractivity contribution in [1.82, 2.24) is 15.1 Å². The smallest absolute Gasteiger partial charge is 0.0524 e.